The standard InChI is InChI=1S/C14H16N2S/c1-15-14-16-13(9-17-14)12-7-6-10-4-2-3-5-11(10)8-12/h6-9H,2-5H2,1H3,(H,15,16). The Labute approximate surface area is 106 Å². The van der Waals surface area contributed by atoms with Crippen molar-refractivity contribution in [3.8, 4) is 11.3 Å². The second-order valence-corrected chi connectivity index (χ2v) is 5.34. The number of rotatable bonds is 2. The Balaban J connectivity index is 1.97. The molecule has 0 spiro atoms. The van der Waals surface area contributed by atoms with Gasteiger partial charge in [0.05, 0.1) is 5.69 Å². The van der Waals surface area contributed by atoms with Crippen molar-refractivity contribution in [2.45, 2.75) is 25.7 Å². The van der Waals surface area contributed by atoms with E-state index in [2.05, 4.69) is 33.9 Å². The van der Waals surface area contributed by atoms with E-state index >= 15 is 0 Å². The molecular formula is C14H16N2S. The molecule has 3 rings (SSSR count). The third-order valence-corrected chi connectivity index (χ3v) is 4.22. The molecule has 3 heteroatoms. The number of nitrogens with one attached hydrogen (secondary N) is 1. The molecule has 88 valence electrons. The largest absolute Gasteiger partial charge is 0.365 e. The van der Waals surface area contributed by atoms with Gasteiger partial charge in [0.15, 0.2) is 5.13 Å². The fourth-order valence-electron chi connectivity index (χ4n) is 2.41. The molecule has 0 fully saturated rings. The number of aryl methyl sites for hydroxylation is 2. The minimum Gasteiger partial charge on any atom is -0.365 e. The lowest BCUT2D eigenvalue weighted by molar-refractivity contribution is 0.686. The smallest absolute Gasteiger partial charge is 0.182 e. The molecule has 0 unspecified atom stereocenters. The van der Waals surface area contributed by atoms with Crippen LogP contribution in [-0.4, -0.2) is 12.0 Å². The van der Waals surface area contributed by atoms with Gasteiger partial charge in [-0.15, -0.1) is 11.3 Å². The molecule has 0 radical (unpaired) electrons. The Hall–Kier alpha value is -1.35. The van der Waals surface area contributed by atoms with Crippen molar-refractivity contribution in [3.63, 3.8) is 0 Å². The SMILES string of the molecule is CNc1nc(-c2ccc3c(c2)CCCC3)cs1. The summed E-state index contributed by atoms with van der Waals surface area (Å²) in [4.78, 5) is 4.56. The van der Waals surface area contributed by atoms with Gasteiger partial charge in [-0.1, -0.05) is 12.1 Å². The molecule has 0 atom stereocenters. The molecule has 0 bridgehead atoms. The highest BCUT2D eigenvalue weighted by Crippen LogP contribution is 2.29. The highest BCUT2D eigenvalue weighted by Gasteiger charge is 2.11. The van der Waals surface area contributed by atoms with E-state index in [1.165, 1.54) is 42.4 Å². The van der Waals surface area contributed by atoms with E-state index in [1.54, 1.807) is 11.3 Å². The summed E-state index contributed by atoms with van der Waals surface area (Å²) in [6, 6.07) is 6.81. The van der Waals surface area contributed by atoms with Crippen molar-refractivity contribution in [1.29, 1.82) is 0 Å². The van der Waals surface area contributed by atoms with Crippen molar-refractivity contribution in [2.24, 2.45) is 0 Å². The van der Waals surface area contributed by atoms with Crippen LogP contribution in [0.4, 0.5) is 5.13 Å². The Morgan fingerprint density at radius 2 is 2.00 bits per heavy atom. The molecule has 2 nitrogen and oxygen atoms in total. The molecule has 1 aliphatic rings. The maximum Gasteiger partial charge on any atom is 0.182 e. The Morgan fingerprint density at radius 3 is 2.76 bits per heavy atom. The predicted octanol–water partition coefficient (Wildman–Crippen LogP) is 3.73. The summed E-state index contributed by atoms with van der Waals surface area (Å²) in [6.45, 7) is 0. The second-order valence-electron chi connectivity index (χ2n) is 4.48. The summed E-state index contributed by atoms with van der Waals surface area (Å²) < 4.78 is 0. The zero-order chi connectivity index (χ0) is 11.7. The van der Waals surface area contributed by atoms with E-state index < -0.39 is 0 Å². The van der Waals surface area contributed by atoms with Crippen LogP contribution in [0.25, 0.3) is 11.3 Å². The zero-order valence-electron chi connectivity index (χ0n) is 9.99. The zero-order valence-corrected chi connectivity index (χ0v) is 10.8. The first-order valence-electron chi connectivity index (χ1n) is 6.12. The maximum absolute atomic E-state index is 4.56. The van der Waals surface area contributed by atoms with Gasteiger partial charge in [-0.3, -0.25) is 0 Å². The highest BCUT2D eigenvalue weighted by molar-refractivity contribution is 7.14. The van der Waals surface area contributed by atoms with Gasteiger partial charge >= 0.3 is 0 Å². The number of benzene rings is 1. The highest BCUT2D eigenvalue weighted by atomic mass is 32.1. The van der Waals surface area contributed by atoms with Crippen LogP contribution in [0.3, 0.4) is 0 Å². The first kappa shape index (κ1) is 10.8. The van der Waals surface area contributed by atoms with Crippen molar-refractivity contribution >= 4 is 16.5 Å². The third kappa shape index (κ3) is 2.07. The first-order chi connectivity index (χ1) is 8.36. The lowest BCUT2D eigenvalue weighted by Gasteiger charge is -2.15. The Kier molecular flexibility index (Phi) is 2.85. The molecule has 1 N–H and O–H groups in total. The topological polar surface area (TPSA) is 24.9 Å². The van der Waals surface area contributed by atoms with Gasteiger partial charge in [0.25, 0.3) is 0 Å². The average Bonchev–Trinajstić information content (AvgIpc) is 2.87. The molecule has 0 aliphatic heterocycles. The predicted molar refractivity (Wildman–Crippen MR) is 73.7 cm³/mol. The number of hydrogen-bond donors (Lipinski definition) is 1. The van der Waals surface area contributed by atoms with Gasteiger partial charge in [-0.25, -0.2) is 4.98 Å². The van der Waals surface area contributed by atoms with Crippen molar-refractivity contribution < 1.29 is 0 Å². The Bertz CT molecular complexity index is 531. The van der Waals surface area contributed by atoms with E-state index in [1.807, 2.05) is 7.05 Å². The Morgan fingerprint density at radius 1 is 1.18 bits per heavy atom. The summed E-state index contributed by atoms with van der Waals surface area (Å²) in [5, 5.41) is 6.19. The van der Waals surface area contributed by atoms with E-state index in [0.29, 0.717) is 0 Å². The number of aromatic nitrogens is 1. The lowest BCUT2D eigenvalue weighted by atomic mass is 9.90. The van der Waals surface area contributed by atoms with Crippen molar-refractivity contribution in [3.05, 3.63) is 34.7 Å². The molecule has 1 heterocycles. The number of hydrogen-bond acceptors (Lipinski definition) is 3. The van der Waals surface area contributed by atoms with Crippen LogP contribution in [0.5, 0.6) is 0 Å². The lowest BCUT2D eigenvalue weighted by Crippen LogP contribution is -2.02. The maximum atomic E-state index is 4.56. The van der Waals surface area contributed by atoms with E-state index in [0.717, 1.165) is 10.8 Å². The van der Waals surface area contributed by atoms with Crippen LogP contribution in [-0.2, 0) is 12.8 Å². The number of anilines is 1. The summed E-state index contributed by atoms with van der Waals surface area (Å²) >= 11 is 1.66. The van der Waals surface area contributed by atoms with Crippen LogP contribution in [0, 0.1) is 0 Å². The summed E-state index contributed by atoms with van der Waals surface area (Å²) in [5.74, 6) is 0. The van der Waals surface area contributed by atoms with Gasteiger partial charge in [0.1, 0.15) is 0 Å². The second kappa shape index (κ2) is 4.49. The van der Waals surface area contributed by atoms with E-state index in [4.69, 9.17) is 0 Å². The fraction of sp³-hybridized carbons (Fsp3) is 0.357. The van der Waals surface area contributed by atoms with Gasteiger partial charge in [0, 0.05) is 18.0 Å². The fourth-order valence-corrected chi connectivity index (χ4v) is 3.09. The van der Waals surface area contributed by atoms with E-state index in [-0.39, 0.29) is 0 Å². The monoisotopic (exact) mass is 244 g/mol. The third-order valence-electron chi connectivity index (χ3n) is 3.36. The number of thiazole rings is 1. The number of fused-ring (bicyclic) bond motifs is 1. The molecule has 17 heavy (non-hydrogen) atoms. The average molecular weight is 244 g/mol. The van der Waals surface area contributed by atoms with Crippen LogP contribution >= 0.6 is 11.3 Å². The molecular weight excluding hydrogens is 228 g/mol. The van der Waals surface area contributed by atoms with Gasteiger partial charge in [0.2, 0.25) is 0 Å². The molecule has 1 aliphatic carbocycles. The van der Waals surface area contributed by atoms with Gasteiger partial charge < -0.3 is 5.32 Å². The minimum absolute atomic E-state index is 0.984. The molecule has 1 aromatic carbocycles. The van der Waals surface area contributed by atoms with Gasteiger partial charge in [-0.2, -0.15) is 0 Å². The molecule has 1 aromatic heterocycles. The molecule has 0 amide bonds. The first-order valence-corrected chi connectivity index (χ1v) is 7.00. The van der Waals surface area contributed by atoms with Crippen molar-refractivity contribution in [1.82, 2.24) is 4.98 Å². The molecule has 2 aromatic rings. The van der Waals surface area contributed by atoms with Crippen molar-refractivity contribution in [2.75, 3.05) is 12.4 Å². The van der Waals surface area contributed by atoms with Crippen LogP contribution < -0.4 is 5.32 Å². The normalized spacial score (nSPS) is 14.4. The molecule has 0 saturated heterocycles. The summed E-state index contributed by atoms with van der Waals surface area (Å²) in [7, 11) is 1.91. The molecule has 0 saturated carbocycles. The summed E-state index contributed by atoms with van der Waals surface area (Å²) in [5.41, 5.74) is 5.40. The quantitative estimate of drug-likeness (QED) is 0.870. The minimum atomic E-state index is 0.984. The van der Waals surface area contributed by atoms with Crippen LogP contribution in [0.2, 0.25) is 0 Å². The van der Waals surface area contributed by atoms with Crippen LogP contribution in [0.15, 0.2) is 23.6 Å². The van der Waals surface area contributed by atoms with E-state index in [9.17, 15) is 0 Å². The number of nitrogens with zero attached hydrogens (tertiary/aromatic N) is 1. The van der Waals surface area contributed by atoms with Crippen LogP contribution in [0.1, 0.15) is 24.0 Å². The summed E-state index contributed by atoms with van der Waals surface area (Å²) in [6.07, 6.45) is 5.14. The van der Waals surface area contributed by atoms with Gasteiger partial charge in [-0.05, 0) is 42.9 Å².